The van der Waals surface area contributed by atoms with Crippen molar-refractivity contribution < 1.29 is 14.3 Å². The van der Waals surface area contributed by atoms with E-state index in [0.717, 1.165) is 26.1 Å². The molecule has 2 aliphatic rings. The van der Waals surface area contributed by atoms with E-state index in [1.807, 2.05) is 0 Å². The molecule has 0 N–H and O–H groups in total. The van der Waals surface area contributed by atoms with E-state index >= 15 is 0 Å². The van der Waals surface area contributed by atoms with Gasteiger partial charge in [-0.15, -0.1) is 0 Å². The summed E-state index contributed by atoms with van der Waals surface area (Å²) in [5.41, 5.74) is 0.107. The zero-order valence-corrected chi connectivity index (χ0v) is 17.5. The Bertz CT molecular complexity index is 490. The molecule has 0 aromatic heterocycles. The Morgan fingerprint density at radius 1 is 0.962 bits per heavy atom. The third-order valence-electron chi connectivity index (χ3n) is 6.58. The van der Waals surface area contributed by atoms with Crippen LogP contribution < -0.4 is 0 Å². The molecule has 0 spiro atoms. The molecule has 1 unspecified atom stereocenters. The Morgan fingerprint density at radius 2 is 1.58 bits per heavy atom. The lowest BCUT2D eigenvalue weighted by atomic mass is 9.65. The summed E-state index contributed by atoms with van der Waals surface area (Å²) >= 11 is 0. The van der Waals surface area contributed by atoms with Crippen LogP contribution in [0.1, 0.15) is 66.7 Å². The molecule has 2 fully saturated rings. The van der Waals surface area contributed by atoms with Crippen LogP contribution in [-0.4, -0.2) is 61.0 Å². The molecule has 0 saturated carbocycles. The quantitative estimate of drug-likeness (QED) is 0.488. The van der Waals surface area contributed by atoms with Crippen LogP contribution in [0.2, 0.25) is 0 Å². The van der Waals surface area contributed by atoms with Gasteiger partial charge < -0.3 is 9.64 Å². The Balaban J connectivity index is 1.72. The predicted molar refractivity (Wildman–Crippen MR) is 104 cm³/mol. The topological polar surface area (TPSA) is 49.9 Å². The zero-order valence-electron chi connectivity index (χ0n) is 17.5. The van der Waals surface area contributed by atoms with E-state index in [4.69, 9.17) is 4.74 Å². The number of rotatable bonds is 8. The maximum absolute atomic E-state index is 12.7. The molecule has 0 radical (unpaired) electrons. The maximum atomic E-state index is 12.7. The van der Waals surface area contributed by atoms with Gasteiger partial charge in [-0.2, -0.15) is 0 Å². The van der Waals surface area contributed by atoms with Crippen LogP contribution in [0.15, 0.2) is 0 Å². The molecule has 1 atom stereocenters. The lowest BCUT2D eigenvalue weighted by Gasteiger charge is -2.40. The molecule has 2 amide bonds. The smallest absolute Gasteiger partial charge is 0.232 e. The van der Waals surface area contributed by atoms with Crippen LogP contribution >= 0.6 is 0 Å². The SMILES string of the molecule is CC(C)(C)C(C)(C)CC1CC(=O)N(CCOCCN2CCCCC2)C1=O. The van der Waals surface area contributed by atoms with Crippen molar-refractivity contribution in [3.8, 4) is 0 Å². The van der Waals surface area contributed by atoms with Crippen LogP contribution in [0.25, 0.3) is 0 Å². The highest BCUT2D eigenvalue weighted by Gasteiger charge is 2.43. The number of carbonyl (C=O) groups excluding carboxylic acids is 2. The van der Waals surface area contributed by atoms with Gasteiger partial charge in [0.05, 0.1) is 19.8 Å². The number of ether oxygens (including phenoxy) is 1. The number of nitrogens with zero attached hydrogens (tertiary/aromatic N) is 2. The van der Waals surface area contributed by atoms with Crippen molar-refractivity contribution in [3.05, 3.63) is 0 Å². The minimum Gasteiger partial charge on any atom is -0.378 e. The molecule has 2 heterocycles. The number of amides is 2. The van der Waals surface area contributed by atoms with Gasteiger partial charge in [0.1, 0.15) is 0 Å². The lowest BCUT2D eigenvalue weighted by molar-refractivity contribution is -0.140. The van der Waals surface area contributed by atoms with Crippen LogP contribution in [-0.2, 0) is 14.3 Å². The average molecular weight is 367 g/mol. The highest BCUT2D eigenvalue weighted by molar-refractivity contribution is 6.03. The van der Waals surface area contributed by atoms with E-state index in [9.17, 15) is 9.59 Å². The van der Waals surface area contributed by atoms with Crippen molar-refractivity contribution in [3.63, 3.8) is 0 Å². The second kappa shape index (κ2) is 8.83. The third kappa shape index (κ3) is 5.53. The molecule has 2 aliphatic heterocycles. The van der Waals surface area contributed by atoms with Gasteiger partial charge in [0.25, 0.3) is 0 Å². The van der Waals surface area contributed by atoms with Crippen molar-refractivity contribution in [2.75, 3.05) is 39.4 Å². The fourth-order valence-electron chi connectivity index (χ4n) is 3.70. The first-order valence-electron chi connectivity index (χ1n) is 10.3. The second-order valence-corrected chi connectivity index (χ2v) is 9.64. The van der Waals surface area contributed by atoms with E-state index in [0.29, 0.717) is 26.2 Å². The highest BCUT2D eigenvalue weighted by atomic mass is 16.5. The molecular weight excluding hydrogens is 328 g/mol. The molecule has 2 rings (SSSR count). The molecule has 5 heteroatoms. The van der Waals surface area contributed by atoms with Gasteiger partial charge in [0.15, 0.2) is 0 Å². The van der Waals surface area contributed by atoms with Crippen LogP contribution in [0.4, 0.5) is 0 Å². The summed E-state index contributed by atoms with van der Waals surface area (Å²) in [4.78, 5) is 28.8. The van der Waals surface area contributed by atoms with Crippen LogP contribution in [0.3, 0.4) is 0 Å². The minimum absolute atomic E-state index is 0.00745. The van der Waals surface area contributed by atoms with Crippen LogP contribution in [0.5, 0.6) is 0 Å². The minimum atomic E-state index is -0.176. The van der Waals surface area contributed by atoms with Crippen molar-refractivity contribution in [1.29, 1.82) is 0 Å². The van der Waals surface area contributed by atoms with E-state index in [1.165, 1.54) is 24.2 Å². The van der Waals surface area contributed by atoms with Crippen molar-refractivity contribution in [2.45, 2.75) is 66.7 Å². The molecule has 150 valence electrons. The lowest BCUT2D eigenvalue weighted by Crippen LogP contribution is -2.37. The van der Waals surface area contributed by atoms with E-state index in [1.54, 1.807) is 0 Å². The molecular formula is C21H38N2O3. The second-order valence-electron chi connectivity index (χ2n) is 9.64. The molecule has 0 aromatic rings. The fourth-order valence-corrected chi connectivity index (χ4v) is 3.70. The van der Waals surface area contributed by atoms with E-state index in [2.05, 4.69) is 39.5 Å². The normalized spacial score (nSPS) is 23.1. The summed E-state index contributed by atoms with van der Waals surface area (Å²) < 4.78 is 5.70. The first-order valence-corrected chi connectivity index (χ1v) is 10.3. The van der Waals surface area contributed by atoms with Gasteiger partial charge in [-0.05, 0) is 43.2 Å². The number of piperidine rings is 1. The number of hydrogen-bond acceptors (Lipinski definition) is 4. The van der Waals surface area contributed by atoms with Crippen LogP contribution in [0, 0.1) is 16.7 Å². The fraction of sp³-hybridized carbons (Fsp3) is 0.905. The third-order valence-corrected chi connectivity index (χ3v) is 6.58. The largest absolute Gasteiger partial charge is 0.378 e. The molecule has 0 bridgehead atoms. The first kappa shape index (κ1) is 21.4. The number of imide groups is 1. The summed E-state index contributed by atoms with van der Waals surface area (Å²) in [6, 6.07) is 0. The van der Waals surface area contributed by atoms with Crippen molar-refractivity contribution >= 4 is 11.8 Å². The Hall–Kier alpha value is -0.940. The van der Waals surface area contributed by atoms with Gasteiger partial charge >= 0.3 is 0 Å². The Morgan fingerprint density at radius 3 is 2.19 bits per heavy atom. The summed E-state index contributed by atoms with van der Waals surface area (Å²) in [5.74, 6) is -0.221. The molecule has 0 aliphatic carbocycles. The summed E-state index contributed by atoms with van der Waals surface area (Å²) in [6.07, 6.45) is 5.01. The molecule has 2 saturated heterocycles. The molecule has 5 nitrogen and oxygen atoms in total. The van der Waals surface area contributed by atoms with E-state index < -0.39 is 0 Å². The van der Waals surface area contributed by atoms with Gasteiger partial charge in [0.2, 0.25) is 11.8 Å². The number of likely N-dealkylation sites (tertiary alicyclic amines) is 2. The Kier molecular flexibility index (Phi) is 7.26. The summed E-state index contributed by atoms with van der Waals surface area (Å²) in [7, 11) is 0. The summed E-state index contributed by atoms with van der Waals surface area (Å²) in [5, 5.41) is 0. The molecule has 0 aromatic carbocycles. The number of hydrogen-bond donors (Lipinski definition) is 0. The predicted octanol–water partition coefficient (Wildman–Crippen LogP) is 3.33. The van der Waals surface area contributed by atoms with Gasteiger partial charge in [0, 0.05) is 18.9 Å². The van der Waals surface area contributed by atoms with Gasteiger partial charge in [-0.25, -0.2) is 0 Å². The van der Waals surface area contributed by atoms with Crippen molar-refractivity contribution in [2.24, 2.45) is 16.7 Å². The average Bonchev–Trinajstić information content (AvgIpc) is 2.81. The molecule has 26 heavy (non-hydrogen) atoms. The van der Waals surface area contributed by atoms with Gasteiger partial charge in [-0.3, -0.25) is 14.5 Å². The standard InChI is InChI=1S/C21H38N2O3/c1-20(2,3)21(4,5)16-17-15-18(24)23(19(17)25)12-14-26-13-11-22-9-7-6-8-10-22/h17H,6-16H2,1-5H3. The first-order chi connectivity index (χ1) is 12.1. The zero-order chi connectivity index (χ0) is 19.4. The maximum Gasteiger partial charge on any atom is 0.232 e. The summed E-state index contributed by atoms with van der Waals surface area (Å²) in [6.45, 7) is 15.8. The van der Waals surface area contributed by atoms with E-state index in [-0.39, 0.29) is 28.6 Å². The van der Waals surface area contributed by atoms with Crippen molar-refractivity contribution in [1.82, 2.24) is 9.80 Å². The Labute approximate surface area is 159 Å². The number of carbonyl (C=O) groups is 2. The van der Waals surface area contributed by atoms with Gasteiger partial charge in [-0.1, -0.05) is 41.0 Å². The highest BCUT2D eigenvalue weighted by Crippen LogP contribution is 2.44. The monoisotopic (exact) mass is 366 g/mol.